The summed E-state index contributed by atoms with van der Waals surface area (Å²) in [5, 5.41) is 6.47. The first-order valence-electron chi connectivity index (χ1n) is 8.60. The van der Waals surface area contributed by atoms with Crippen LogP contribution in [0.5, 0.6) is 0 Å². The van der Waals surface area contributed by atoms with E-state index in [1.807, 2.05) is 30.3 Å². The van der Waals surface area contributed by atoms with E-state index >= 15 is 0 Å². The Kier molecular flexibility index (Phi) is 5.48. The van der Waals surface area contributed by atoms with Crippen LogP contribution < -0.4 is 10.6 Å². The van der Waals surface area contributed by atoms with Gasteiger partial charge in [0.05, 0.1) is 6.61 Å². The summed E-state index contributed by atoms with van der Waals surface area (Å²) >= 11 is 0. The third-order valence-corrected chi connectivity index (χ3v) is 4.79. The number of nitrogens with one attached hydrogen (secondary N) is 2. The minimum atomic E-state index is -0.569. The van der Waals surface area contributed by atoms with Gasteiger partial charge in [-0.15, -0.1) is 0 Å². The molecule has 2 N–H and O–H groups in total. The molecule has 0 radical (unpaired) electrons. The Morgan fingerprint density at radius 3 is 2.92 bits per heavy atom. The molecule has 2 unspecified atom stereocenters. The van der Waals surface area contributed by atoms with Crippen molar-refractivity contribution in [3.8, 4) is 0 Å². The molecule has 130 valence electrons. The van der Waals surface area contributed by atoms with E-state index < -0.39 is 6.04 Å². The van der Waals surface area contributed by atoms with Crippen LogP contribution in [-0.2, 0) is 20.9 Å². The van der Waals surface area contributed by atoms with Gasteiger partial charge in [0.1, 0.15) is 12.6 Å². The quantitative estimate of drug-likeness (QED) is 0.851. The lowest BCUT2D eigenvalue weighted by Crippen LogP contribution is -2.60. The van der Waals surface area contributed by atoms with Crippen molar-refractivity contribution in [1.29, 1.82) is 0 Å². The minimum absolute atomic E-state index is 0.0397. The molecule has 1 aromatic rings. The third kappa shape index (κ3) is 3.94. The number of hydrogen-bond donors (Lipinski definition) is 2. The van der Waals surface area contributed by atoms with Crippen molar-refractivity contribution >= 4 is 11.8 Å². The van der Waals surface area contributed by atoms with Crippen LogP contribution >= 0.6 is 0 Å². The molecule has 2 aliphatic heterocycles. The van der Waals surface area contributed by atoms with Crippen LogP contribution in [0.1, 0.15) is 25.3 Å². The Morgan fingerprint density at radius 1 is 1.38 bits per heavy atom. The number of benzene rings is 1. The van der Waals surface area contributed by atoms with E-state index in [-0.39, 0.29) is 37.1 Å². The lowest BCUT2D eigenvalue weighted by atomic mass is 9.99. The van der Waals surface area contributed by atoms with Gasteiger partial charge >= 0.3 is 0 Å². The second-order valence-corrected chi connectivity index (χ2v) is 6.54. The lowest BCUT2D eigenvalue weighted by Gasteiger charge is -2.37. The average Bonchev–Trinajstić information content (AvgIpc) is 2.59. The topological polar surface area (TPSA) is 70.7 Å². The van der Waals surface area contributed by atoms with Gasteiger partial charge in [0.15, 0.2) is 0 Å². The highest BCUT2D eigenvalue weighted by Gasteiger charge is 2.35. The fourth-order valence-electron chi connectivity index (χ4n) is 3.32. The highest BCUT2D eigenvalue weighted by molar-refractivity contribution is 5.89. The summed E-state index contributed by atoms with van der Waals surface area (Å²) in [7, 11) is 0. The third-order valence-electron chi connectivity index (χ3n) is 4.79. The zero-order chi connectivity index (χ0) is 16.9. The zero-order valence-electron chi connectivity index (χ0n) is 14.0. The molecule has 6 nitrogen and oxygen atoms in total. The molecule has 0 spiro atoms. The second kappa shape index (κ2) is 7.77. The highest BCUT2D eigenvalue weighted by Crippen LogP contribution is 2.15. The van der Waals surface area contributed by atoms with Gasteiger partial charge in [-0.05, 0) is 31.9 Å². The molecule has 2 fully saturated rings. The van der Waals surface area contributed by atoms with E-state index in [0.717, 1.165) is 24.9 Å². The Bertz CT molecular complexity index is 578. The summed E-state index contributed by atoms with van der Waals surface area (Å²) in [4.78, 5) is 26.7. The molecular weight excluding hydrogens is 306 g/mol. The van der Waals surface area contributed by atoms with Gasteiger partial charge in [0, 0.05) is 18.6 Å². The van der Waals surface area contributed by atoms with Crippen LogP contribution in [0.4, 0.5) is 0 Å². The number of carbonyl (C=O) groups is 2. The standard InChI is InChI=1S/C18H25N3O3/c1-13-15(8-5-9-19-13)20-18(23)16-11-24-12-17(22)21(16)10-14-6-3-2-4-7-14/h2-4,6-7,13,15-16,19H,5,8-12H2,1H3,(H,20,23)/t13?,15?,16-/m1/s1. The average molecular weight is 331 g/mol. The van der Waals surface area contributed by atoms with Gasteiger partial charge in [-0.25, -0.2) is 0 Å². The Morgan fingerprint density at radius 2 is 2.17 bits per heavy atom. The number of amides is 2. The molecule has 2 aliphatic rings. The van der Waals surface area contributed by atoms with Crippen LogP contribution in [0.3, 0.4) is 0 Å². The fraction of sp³-hybridized carbons (Fsp3) is 0.556. The first-order chi connectivity index (χ1) is 11.6. The molecule has 3 atom stereocenters. The number of nitrogens with zero attached hydrogens (tertiary/aromatic N) is 1. The Labute approximate surface area is 142 Å². The van der Waals surface area contributed by atoms with Crippen LogP contribution in [-0.4, -0.2) is 54.6 Å². The Balaban J connectivity index is 1.68. The molecule has 0 aromatic heterocycles. The molecule has 2 heterocycles. The number of piperidine rings is 1. The van der Waals surface area contributed by atoms with E-state index in [2.05, 4.69) is 17.6 Å². The summed E-state index contributed by atoms with van der Waals surface area (Å²) in [6.07, 6.45) is 2.00. The molecule has 1 aromatic carbocycles. The molecule has 2 amide bonds. The molecule has 3 rings (SSSR count). The van der Waals surface area contributed by atoms with Gasteiger partial charge in [-0.1, -0.05) is 30.3 Å². The van der Waals surface area contributed by atoms with Gasteiger partial charge in [-0.3, -0.25) is 9.59 Å². The number of rotatable bonds is 4. The van der Waals surface area contributed by atoms with Crippen molar-refractivity contribution < 1.29 is 14.3 Å². The molecule has 0 aliphatic carbocycles. The lowest BCUT2D eigenvalue weighted by molar-refractivity contribution is -0.156. The first-order valence-corrected chi connectivity index (χ1v) is 8.60. The fourth-order valence-corrected chi connectivity index (χ4v) is 3.32. The van der Waals surface area contributed by atoms with Crippen molar-refractivity contribution in [2.45, 2.75) is 44.4 Å². The maximum atomic E-state index is 12.7. The maximum absolute atomic E-state index is 12.7. The molecule has 6 heteroatoms. The molecule has 0 saturated carbocycles. The Hall–Kier alpha value is -1.92. The zero-order valence-corrected chi connectivity index (χ0v) is 14.0. The predicted octanol–water partition coefficient (Wildman–Crippen LogP) is 0.671. The number of morpholine rings is 1. The molecular formula is C18H25N3O3. The minimum Gasteiger partial charge on any atom is -0.369 e. The van der Waals surface area contributed by atoms with Crippen LogP contribution in [0.25, 0.3) is 0 Å². The van der Waals surface area contributed by atoms with Crippen LogP contribution in [0.2, 0.25) is 0 Å². The van der Waals surface area contributed by atoms with E-state index in [9.17, 15) is 9.59 Å². The van der Waals surface area contributed by atoms with Gasteiger partial charge in [-0.2, -0.15) is 0 Å². The van der Waals surface area contributed by atoms with Crippen molar-refractivity contribution in [2.24, 2.45) is 0 Å². The number of hydrogen-bond acceptors (Lipinski definition) is 4. The number of ether oxygens (including phenoxy) is 1. The summed E-state index contributed by atoms with van der Waals surface area (Å²) in [6.45, 7) is 3.78. The monoisotopic (exact) mass is 331 g/mol. The van der Waals surface area contributed by atoms with Gasteiger partial charge in [0.25, 0.3) is 0 Å². The second-order valence-electron chi connectivity index (χ2n) is 6.54. The largest absolute Gasteiger partial charge is 0.369 e. The van der Waals surface area contributed by atoms with Crippen molar-refractivity contribution in [2.75, 3.05) is 19.8 Å². The first kappa shape index (κ1) is 16.9. The smallest absolute Gasteiger partial charge is 0.249 e. The van der Waals surface area contributed by atoms with Gasteiger partial charge in [0.2, 0.25) is 11.8 Å². The predicted molar refractivity (Wildman–Crippen MR) is 90.2 cm³/mol. The van der Waals surface area contributed by atoms with Gasteiger partial charge < -0.3 is 20.3 Å². The van der Waals surface area contributed by atoms with Crippen molar-refractivity contribution in [3.05, 3.63) is 35.9 Å². The van der Waals surface area contributed by atoms with Crippen LogP contribution in [0.15, 0.2) is 30.3 Å². The summed E-state index contributed by atoms with van der Waals surface area (Å²) in [6, 6.07) is 9.50. The SMILES string of the molecule is CC1NCCCC1NC(=O)[C@H]1COCC(=O)N1Cc1ccccc1. The van der Waals surface area contributed by atoms with E-state index in [1.165, 1.54) is 0 Å². The molecule has 24 heavy (non-hydrogen) atoms. The maximum Gasteiger partial charge on any atom is 0.249 e. The summed E-state index contributed by atoms with van der Waals surface area (Å²) < 4.78 is 5.33. The van der Waals surface area contributed by atoms with E-state index in [1.54, 1.807) is 4.90 Å². The molecule has 0 bridgehead atoms. The molecule has 2 saturated heterocycles. The van der Waals surface area contributed by atoms with Crippen molar-refractivity contribution in [1.82, 2.24) is 15.5 Å². The summed E-state index contributed by atoms with van der Waals surface area (Å²) in [5.74, 6) is -0.264. The van der Waals surface area contributed by atoms with Crippen LogP contribution in [0, 0.1) is 0 Å². The van der Waals surface area contributed by atoms with E-state index in [0.29, 0.717) is 6.54 Å². The van der Waals surface area contributed by atoms with Crippen molar-refractivity contribution in [3.63, 3.8) is 0 Å². The number of carbonyl (C=O) groups excluding carboxylic acids is 2. The highest BCUT2D eigenvalue weighted by atomic mass is 16.5. The summed E-state index contributed by atoms with van der Waals surface area (Å²) in [5.41, 5.74) is 1.01. The normalized spacial score (nSPS) is 27.8. The van der Waals surface area contributed by atoms with E-state index in [4.69, 9.17) is 4.74 Å².